The Balaban J connectivity index is 1.86. The normalized spacial score (nSPS) is 20.0. The van der Waals surface area contributed by atoms with Crippen LogP contribution in [0.2, 0.25) is 0 Å². The van der Waals surface area contributed by atoms with Gasteiger partial charge >= 0.3 is 0 Å². The average molecular weight is 290 g/mol. The molecule has 0 aliphatic heterocycles. The van der Waals surface area contributed by atoms with Crippen molar-refractivity contribution in [2.45, 2.75) is 20.3 Å². The van der Waals surface area contributed by atoms with E-state index < -0.39 is 0 Å². The first-order valence-electron chi connectivity index (χ1n) is 7.17. The highest BCUT2D eigenvalue weighted by Crippen LogP contribution is 2.39. The Hall–Kier alpha value is -1.88. The molecule has 0 bridgehead atoms. The van der Waals surface area contributed by atoms with Crippen molar-refractivity contribution in [1.29, 1.82) is 0 Å². The Kier molecular flexibility index (Phi) is 4.96. The Bertz CT molecular complexity index is 542. The zero-order valence-corrected chi connectivity index (χ0v) is 12.7. The van der Waals surface area contributed by atoms with E-state index in [0.29, 0.717) is 19.6 Å². The third kappa shape index (κ3) is 4.04. The van der Waals surface area contributed by atoms with Gasteiger partial charge in [-0.3, -0.25) is 9.59 Å². The van der Waals surface area contributed by atoms with Crippen molar-refractivity contribution in [3.05, 3.63) is 29.3 Å². The Morgan fingerprint density at radius 1 is 1.24 bits per heavy atom. The van der Waals surface area contributed by atoms with E-state index in [1.165, 1.54) is 0 Å². The molecule has 0 aromatic heterocycles. The van der Waals surface area contributed by atoms with E-state index in [1.54, 1.807) is 7.11 Å². The molecule has 1 aromatic rings. The van der Waals surface area contributed by atoms with E-state index in [2.05, 4.69) is 10.6 Å². The number of hydrogen-bond acceptors (Lipinski definition) is 3. The smallest absolute Gasteiger partial charge is 0.228 e. The summed E-state index contributed by atoms with van der Waals surface area (Å²) >= 11 is 0. The summed E-state index contributed by atoms with van der Waals surface area (Å²) in [7, 11) is 1.59. The van der Waals surface area contributed by atoms with Gasteiger partial charge in [0.1, 0.15) is 0 Å². The first-order valence-corrected chi connectivity index (χ1v) is 7.17. The molecule has 1 saturated carbocycles. The fourth-order valence-electron chi connectivity index (χ4n) is 2.28. The molecular formula is C16H22N2O3. The number of anilines is 1. The van der Waals surface area contributed by atoms with E-state index >= 15 is 0 Å². The molecule has 0 radical (unpaired) electrons. The molecule has 5 heteroatoms. The van der Waals surface area contributed by atoms with E-state index in [4.69, 9.17) is 4.74 Å². The molecule has 5 nitrogen and oxygen atoms in total. The van der Waals surface area contributed by atoms with Crippen LogP contribution in [-0.4, -0.2) is 32.1 Å². The predicted octanol–water partition coefficient (Wildman–Crippen LogP) is 1.64. The van der Waals surface area contributed by atoms with E-state index in [1.807, 2.05) is 32.0 Å². The quantitative estimate of drug-likeness (QED) is 0.783. The highest BCUT2D eigenvalue weighted by atomic mass is 16.5. The van der Waals surface area contributed by atoms with Crippen LogP contribution in [0.5, 0.6) is 0 Å². The molecule has 0 spiro atoms. The van der Waals surface area contributed by atoms with Crippen molar-refractivity contribution in [3.63, 3.8) is 0 Å². The second-order valence-electron chi connectivity index (χ2n) is 5.54. The summed E-state index contributed by atoms with van der Waals surface area (Å²) in [6.45, 7) is 4.91. The lowest BCUT2D eigenvalue weighted by molar-refractivity contribution is -0.125. The number of carbonyl (C=O) groups excluding carboxylic acids is 2. The minimum absolute atomic E-state index is 0.0619. The molecule has 0 saturated heterocycles. The van der Waals surface area contributed by atoms with Crippen molar-refractivity contribution < 1.29 is 14.3 Å². The van der Waals surface area contributed by atoms with Gasteiger partial charge in [-0.25, -0.2) is 0 Å². The van der Waals surface area contributed by atoms with E-state index in [-0.39, 0.29) is 23.7 Å². The van der Waals surface area contributed by atoms with Crippen molar-refractivity contribution >= 4 is 17.5 Å². The maximum Gasteiger partial charge on any atom is 0.228 e. The summed E-state index contributed by atoms with van der Waals surface area (Å²) in [5, 5.41) is 5.69. The molecule has 1 fully saturated rings. The first-order chi connectivity index (χ1) is 10.0. The van der Waals surface area contributed by atoms with Crippen LogP contribution in [0.4, 0.5) is 5.69 Å². The van der Waals surface area contributed by atoms with Crippen molar-refractivity contribution in [3.8, 4) is 0 Å². The fourth-order valence-corrected chi connectivity index (χ4v) is 2.28. The summed E-state index contributed by atoms with van der Waals surface area (Å²) in [5.41, 5.74) is 2.95. The minimum atomic E-state index is -0.215. The van der Waals surface area contributed by atoms with Crippen LogP contribution < -0.4 is 10.6 Å². The van der Waals surface area contributed by atoms with Crippen LogP contribution in [0.25, 0.3) is 0 Å². The van der Waals surface area contributed by atoms with Crippen LogP contribution in [0.15, 0.2) is 18.2 Å². The molecule has 2 unspecified atom stereocenters. The summed E-state index contributed by atoms with van der Waals surface area (Å²) in [6.07, 6.45) is 0.621. The molecule has 2 N–H and O–H groups in total. The standard InChI is InChI=1S/C16H22N2O3/c1-10-4-5-11(2)14(8-10)18-16(20)13-9-12(13)15(19)17-6-7-21-3/h4-5,8,12-13H,6-7,9H2,1-3H3,(H,17,19)(H,18,20). The molecule has 1 aromatic carbocycles. The fraction of sp³-hybridized carbons (Fsp3) is 0.500. The predicted molar refractivity (Wildman–Crippen MR) is 81.0 cm³/mol. The summed E-state index contributed by atoms with van der Waals surface area (Å²) < 4.78 is 4.88. The zero-order valence-electron chi connectivity index (χ0n) is 12.7. The van der Waals surface area contributed by atoms with Crippen LogP contribution in [0.3, 0.4) is 0 Å². The molecule has 1 aliphatic rings. The molecule has 1 aliphatic carbocycles. The van der Waals surface area contributed by atoms with Gasteiger partial charge in [0.2, 0.25) is 11.8 Å². The number of rotatable bonds is 6. The molecule has 2 rings (SSSR count). The maximum absolute atomic E-state index is 12.2. The Labute approximate surface area is 125 Å². The number of methoxy groups -OCH3 is 1. The van der Waals surface area contributed by atoms with Crippen LogP contribution >= 0.6 is 0 Å². The molecule has 2 atom stereocenters. The maximum atomic E-state index is 12.2. The topological polar surface area (TPSA) is 67.4 Å². The highest BCUT2D eigenvalue weighted by molar-refractivity contribution is 5.99. The Morgan fingerprint density at radius 3 is 2.67 bits per heavy atom. The SMILES string of the molecule is COCCNC(=O)C1CC1C(=O)Nc1cc(C)ccc1C. The lowest BCUT2D eigenvalue weighted by atomic mass is 10.1. The van der Waals surface area contributed by atoms with Gasteiger partial charge in [-0.05, 0) is 37.5 Å². The van der Waals surface area contributed by atoms with E-state index in [0.717, 1.165) is 16.8 Å². The van der Waals surface area contributed by atoms with E-state index in [9.17, 15) is 9.59 Å². The van der Waals surface area contributed by atoms with Crippen LogP contribution in [0.1, 0.15) is 17.5 Å². The number of amides is 2. The van der Waals surface area contributed by atoms with Crippen molar-refractivity contribution in [1.82, 2.24) is 5.32 Å². The lowest BCUT2D eigenvalue weighted by Crippen LogP contribution is -2.30. The second kappa shape index (κ2) is 6.72. The third-order valence-electron chi connectivity index (χ3n) is 3.72. The molecule has 114 valence electrons. The average Bonchev–Trinajstić information content (AvgIpc) is 3.23. The van der Waals surface area contributed by atoms with Gasteiger partial charge in [0.15, 0.2) is 0 Å². The zero-order chi connectivity index (χ0) is 15.4. The summed E-state index contributed by atoms with van der Waals surface area (Å²) in [4.78, 5) is 24.0. The Morgan fingerprint density at radius 2 is 1.95 bits per heavy atom. The van der Waals surface area contributed by atoms with Gasteiger partial charge in [-0.1, -0.05) is 12.1 Å². The minimum Gasteiger partial charge on any atom is -0.383 e. The van der Waals surface area contributed by atoms with Gasteiger partial charge in [0.25, 0.3) is 0 Å². The number of aryl methyl sites for hydroxylation is 2. The molecule has 0 heterocycles. The van der Waals surface area contributed by atoms with Gasteiger partial charge in [0.05, 0.1) is 18.4 Å². The largest absolute Gasteiger partial charge is 0.383 e. The van der Waals surface area contributed by atoms with Gasteiger partial charge < -0.3 is 15.4 Å². The van der Waals surface area contributed by atoms with Crippen LogP contribution in [-0.2, 0) is 14.3 Å². The highest BCUT2D eigenvalue weighted by Gasteiger charge is 2.47. The number of benzene rings is 1. The van der Waals surface area contributed by atoms with Gasteiger partial charge in [-0.15, -0.1) is 0 Å². The second-order valence-corrected chi connectivity index (χ2v) is 5.54. The number of ether oxygens (including phenoxy) is 1. The molecule has 2 amide bonds. The van der Waals surface area contributed by atoms with Gasteiger partial charge in [0, 0.05) is 19.3 Å². The van der Waals surface area contributed by atoms with Crippen LogP contribution in [0, 0.1) is 25.7 Å². The number of nitrogens with one attached hydrogen (secondary N) is 2. The lowest BCUT2D eigenvalue weighted by Gasteiger charge is -2.09. The first kappa shape index (κ1) is 15.5. The monoisotopic (exact) mass is 290 g/mol. The summed E-state index contributed by atoms with van der Waals surface area (Å²) in [6, 6.07) is 5.93. The van der Waals surface area contributed by atoms with Crippen molar-refractivity contribution in [2.24, 2.45) is 11.8 Å². The molecule has 21 heavy (non-hydrogen) atoms. The van der Waals surface area contributed by atoms with Crippen molar-refractivity contribution in [2.75, 3.05) is 25.6 Å². The third-order valence-corrected chi connectivity index (χ3v) is 3.72. The number of carbonyl (C=O) groups is 2. The molecular weight excluding hydrogens is 268 g/mol. The van der Waals surface area contributed by atoms with Gasteiger partial charge in [-0.2, -0.15) is 0 Å². The number of hydrogen-bond donors (Lipinski definition) is 2. The summed E-state index contributed by atoms with van der Waals surface area (Å²) in [5.74, 6) is -0.553.